The van der Waals surface area contributed by atoms with E-state index < -0.39 is 17.1 Å². The number of hydrazine groups is 1. The zero-order chi connectivity index (χ0) is 16.7. The molecular weight excluding hydrogens is 310 g/mol. The van der Waals surface area contributed by atoms with Crippen molar-refractivity contribution in [3.8, 4) is 0 Å². The molecule has 1 rings (SSSR count). The molecule has 0 saturated heterocycles. The number of unbranched alkanes of at least 4 members (excludes halogenated alkanes) is 2. The Morgan fingerprint density at radius 2 is 1.64 bits per heavy atom. The van der Waals surface area contributed by atoms with Gasteiger partial charge in [-0.2, -0.15) is 11.8 Å². The van der Waals surface area contributed by atoms with E-state index in [0.29, 0.717) is 12.2 Å². The Morgan fingerprint density at radius 3 is 2.18 bits per heavy atom. The first kappa shape index (κ1) is 18.2. The first-order chi connectivity index (χ1) is 10.4. The van der Waals surface area contributed by atoms with E-state index in [9.17, 15) is 19.2 Å². The molecule has 0 aliphatic heterocycles. The van der Waals surface area contributed by atoms with Gasteiger partial charge in [0.2, 0.25) is 5.91 Å². The molecule has 0 aliphatic carbocycles. The average Bonchev–Trinajstić information content (AvgIpc) is 2.52. The molecule has 1 amide bonds. The Kier molecular flexibility index (Phi) is 7.12. The van der Waals surface area contributed by atoms with Crippen molar-refractivity contribution in [1.82, 2.24) is 19.1 Å². The molecule has 124 valence electrons. The molecule has 22 heavy (non-hydrogen) atoms. The van der Waals surface area contributed by atoms with Gasteiger partial charge in [0.15, 0.2) is 0 Å². The summed E-state index contributed by atoms with van der Waals surface area (Å²) in [6.07, 6.45) is 2.33. The maximum atomic E-state index is 11.9. The summed E-state index contributed by atoms with van der Waals surface area (Å²) in [6.45, 7) is 0.271. The molecular formula is C12H21N5O4S. The minimum atomic E-state index is -0.624. The van der Waals surface area contributed by atoms with Gasteiger partial charge in [-0.3, -0.25) is 10.2 Å². The molecule has 0 radical (unpaired) electrons. The lowest BCUT2D eigenvalue weighted by Crippen LogP contribution is -2.52. The quantitative estimate of drug-likeness (QED) is 0.249. The molecule has 0 aliphatic rings. The number of amides is 1. The molecule has 9 nitrogen and oxygen atoms in total. The lowest BCUT2D eigenvalue weighted by atomic mass is 10.2. The number of nitrogens with one attached hydrogen (secondary N) is 1. The van der Waals surface area contributed by atoms with Crippen LogP contribution in [0.3, 0.4) is 0 Å². The number of nitrogens with zero attached hydrogens (tertiary/aromatic N) is 3. The van der Waals surface area contributed by atoms with E-state index in [1.165, 1.54) is 25.9 Å². The number of nitrogens with two attached hydrogens (primary N) is 1. The van der Waals surface area contributed by atoms with Gasteiger partial charge in [-0.1, -0.05) is 6.42 Å². The smallest absolute Gasteiger partial charge is 0.294 e. The summed E-state index contributed by atoms with van der Waals surface area (Å²) in [5, 5.41) is 0. The maximum Gasteiger partial charge on any atom is 0.336 e. The molecule has 1 aromatic heterocycles. The van der Waals surface area contributed by atoms with E-state index in [4.69, 9.17) is 5.84 Å². The first-order valence-electron chi connectivity index (χ1n) is 6.84. The predicted octanol–water partition coefficient (Wildman–Crippen LogP) is -1.86. The highest BCUT2D eigenvalue weighted by Crippen LogP contribution is 2.06. The molecule has 0 saturated carbocycles. The minimum Gasteiger partial charge on any atom is -0.294 e. The summed E-state index contributed by atoms with van der Waals surface area (Å²) in [7, 11) is 2.69. The second kappa shape index (κ2) is 8.59. The third-order valence-corrected chi connectivity index (χ3v) is 4.22. The average molecular weight is 331 g/mol. The SMILES string of the molecule is Cn1c(=O)n(C)c(=O)n(CCCCCSCC(=O)NN)c1=O. The van der Waals surface area contributed by atoms with Crippen LogP contribution < -0.4 is 28.3 Å². The Hall–Kier alpha value is -1.81. The molecule has 10 heteroatoms. The number of aromatic nitrogens is 3. The Morgan fingerprint density at radius 1 is 1.05 bits per heavy atom. The molecule has 0 bridgehead atoms. The van der Waals surface area contributed by atoms with Crippen molar-refractivity contribution in [3.05, 3.63) is 31.5 Å². The zero-order valence-corrected chi connectivity index (χ0v) is 13.5. The fourth-order valence-electron chi connectivity index (χ4n) is 1.88. The third-order valence-electron chi connectivity index (χ3n) is 3.17. The minimum absolute atomic E-state index is 0.217. The van der Waals surface area contributed by atoms with Crippen LogP contribution in [0.5, 0.6) is 0 Å². The lowest BCUT2D eigenvalue weighted by molar-refractivity contribution is -0.118. The zero-order valence-electron chi connectivity index (χ0n) is 12.7. The van der Waals surface area contributed by atoms with Crippen molar-refractivity contribution < 1.29 is 4.79 Å². The molecule has 0 fully saturated rings. The van der Waals surface area contributed by atoms with Crippen molar-refractivity contribution in [3.63, 3.8) is 0 Å². The van der Waals surface area contributed by atoms with Gasteiger partial charge in [0.1, 0.15) is 0 Å². The van der Waals surface area contributed by atoms with Gasteiger partial charge in [-0.25, -0.2) is 33.9 Å². The van der Waals surface area contributed by atoms with Crippen molar-refractivity contribution in [2.75, 3.05) is 11.5 Å². The van der Waals surface area contributed by atoms with Crippen LogP contribution in [0.2, 0.25) is 0 Å². The van der Waals surface area contributed by atoms with Crippen LogP contribution in [0.1, 0.15) is 19.3 Å². The van der Waals surface area contributed by atoms with E-state index >= 15 is 0 Å². The predicted molar refractivity (Wildman–Crippen MR) is 84.7 cm³/mol. The molecule has 0 aromatic carbocycles. The van der Waals surface area contributed by atoms with E-state index in [-0.39, 0.29) is 12.5 Å². The third kappa shape index (κ3) is 4.60. The van der Waals surface area contributed by atoms with Gasteiger partial charge in [-0.15, -0.1) is 0 Å². The first-order valence-corrected chi connectivity index (χ1v) is 7.99. The van der Waals surface area contributed by atoms with Gasteiger partial charge in [0.25, 0.3) is 0 Å². The van der Waals surface area contributed by atoms with E-state index in [1.807, 2.05) is 0 Å². The Balaban J connectivity index is 2.47. The second-order valence-electron chi connectivity index (χ2n) is 4.80. The largest absolute Gasteiger partial charge is 0.336 e. The summed E-state index contributed by atoms with van der Waals surface area (Å²) in [6, 6.07) is 0. The molecule has 0 atom stereocenters. The van der Waals surface area contributed by atoms with Crippen LogP contribution in [0, 0.1) is 0 Å². The number of hydrogen-bond acceptors (Lipinski definition) is 6. The highest BCUT2D eigenvalue weighted by atomic mass is 32.2. The van der Waals surface area contributed by atoms with Gasteiger partial charge >= 0.3 is 17.1 Å². The maximum absolute atomic E-state index is 11.9. The molecule has 0 spiro atoms. The monoisotopic (exact) mass is 331 g/mol. The van der Waals surface area contributed by atoms with Gasteiger partial charge in [0, 0.05) is 20.6 Å². The topological polar surface area (TPSA) is 121 Å². The van der Waals surface area contributed by atoms with Gasteiger partial charge in [0.05, 0.1) is 5.75 Å². The summed E-state index contributed by atoms with van der Waals surface area (Å²) in [4.78, 5) is 46.2. The van der Waals surface area contributed by atoms with Crippen LogP contribution in [0.15, 0.2) is 14.4 Å². The van der Waals surface area contributed by atoms with Crippen molar-refractivity contribution in [2.24, 2.45) is 19.9 Å². The Labute approximate surface area is 131 Å². The highest BCUT2D eigenvalue weighted by molar-refractivity contribution is 7.99. The van der Waals surface area contributed by atoms with Gasteiger partial charge in [-0.05, 0) is 18.6 Å². The molecule has 1 aromatic rings. The van der Waals surface area contributed by atoms with Crippen LogP contribution in [0.4, 0.5) is 0 Å². The van der Waals surface area contributed by atoms with Crippen molar-refractivity contribution in [2.45, 2.75) is 25.8 Å². The van der Waals surface area contributed by atoms with E-state index in [0.717, 1.165) is 32.3 Å². The number of hydrogen-bond donors (Lipinski definition) is 2. The highest BCUT2D eigenvalue weighted by Gasteiger charge is 2.09. The standard InChI is InChI=1S/C12H21N5O4S/c1-15-10(19)16(2)12(21)17(11(15)20)6-4-3-5-7-22-8-9(18)14-13/h3-8,13H2,1-2H3,(H,14,18). The summed E-state index contributed by atoms with van der Waals surface area (Å²) >= 11 is 1.47. The molecule has 1 heterocycles. The summed E-state index contributed by atoms with van der Waals surface area (Å²) in [5.74, 6) is 5.86. The van der Waals surface area contributed by atoms with Gasteiger partial charge < -0.3 is 0 Å². The van der Waals surface area contributed by atoms with Crippen LogP contribution in [-0.4, -0.2) is 31.1 Å². The number of thioether (sulfide) groups is 1. The van der Waals surface area contributed by atoms with E-state index in [2.05, 4.69) is 5.43 Å². The summed E-state index contributed by atoms with van der Waals surface area (Å²) in [5.41, 5.74) is 0.239. The number of rotatable bonds is 8. The fraction of sp³-hybridized carbons (Fsp3) is 0.667. The second-order valence-corrected chi connectivity index (χ2v) is 5.90. The molecule has 3 N–H and O–H groups in total. The molecule has 0 unspecified atom stereocenters. The van der Waals surface area contributed by atoms with Crippen molar-refractivity contribution >= 4 is 17.7 Å². The van der Waals surface area contributed by atoms with Crippen LogP contribution in [-0.2, 0) is 25.4 Å². The summed E-state index contributed by atoms with van der Waals surface area (Å²) < 4.78 is 2.90. The lowest BCUT2D eigenvalue weighted by Gasteiger charge is -2.08. The van der Waals surface area contributed by atoms with E-state index in [1.54, 1.807) is 0 Å². The van der Waals surface area contributed by atoms with Crippen molar-refractivity contribution in [1.29, 1.82) is 0 Å². The van der Waals surface area contributed by atoms with Crippen LogP contribution >= 0.6 is 11.8 Å². The fourth-order valence-corrected chi connectivity index (χ4v) is 2.70. The Bertz CT molecular complexity index is 650. The van der Waals surface area contributed by atoms with Crippen LogP contribution in [0.25, 0.3) is 0 Å². The number of carbonyl (C=O) groups excluding carboxylic acids is 1. The number of carbonyl (C=O) groups is 1. The normalized spacial score (nSPS) is 10.7.